The molecule has 4 nitrogen and oxygen atoms in total. The number of oxime groups is 1. The number of hydrogen-bond donors (Lipinski definition) is 1. The summed E-state index contributed by atoms with van der Waals surface area (Å²) in [5, 5.41) is 4.61. The molecule has 0 aromatic heterocycles. The van der Waals surface area contributed by atoms with Crippen LogP contribution in [-0.4, -0.2) is 11.8 Å². The van der Waals surface area contributed by atoms with Crippen molar-refractivity contribution in [3.63, 3.8) is 0 Å². The van der Waals surface area contributed by atoms with Gasteiger partial charge in [-0.05, 0) is 29.3 Å². The molecule has 0 aliphatic carbocycles. The Bertz CT molecular complexity index is 744. The lowest BCUT2D eigenvalue weighted by atomic mass is 10.1. The van der Waals surface area contributed by atoms with Gasteiger partial charge in [0.25, 0.3) is 0 Å². The highest BCUT2D eigenvalue weighted by atomic mass is 35.5. The van der Waals surface area contributed by atoms with Crippen molar-refractivity contribution in [2.45, 2.75) is 6.42 Å². The van der Waals surface area contributed by atoms with E-state index in [2.05, 4.69) is 5.16 Å². The predicted molar refractivity (Wildman–Crippen MR) is 93.4 cm³/mol. The molecule has 0 amide bonds. The average Bonchev–Trinajstić information content (AvgIpc) is 2.54. The lowest BCUT2D eigenvalue weighted by Crippen LogP contribution is -2.16. The number of nitrogens with zero attached hydrogens (tertiary/aromatic N) is 1. The third-order valence-corrected chi connectivity index (χ3v) is 3.44. The minimum absolute atomic E-state index is 0.135. The molecule has 0 saturated heterocycles. The second-order valence-electron chi connectivity index (χ2n) is 4.65. The van der Waals surface area contributed by atoms with Gasteiger partial charge in [0.15, 0.2) is 0 Å². The fraction of sp³-hybridized carbons (Fsp3) is 0.0588. The minimum Gasteiger partial charge on any atom is -0.384 e. The summed E-state index contributed by atoms with van der Waals surface area (Å²) in [4.78, 5) is 16.3. The van der Waals surface area contributed by atoms with E-state index < -0.39 is 5.97 Å². The fourth-order valence-electron chi connectivity index (χ4n) is 1.75. The van der Waals surface area contributed by atoms with E-state index in [4.69, 9.17) is 33.8 Å². The smallest absolute Gasteiger partial charge is 0.358 e. The summed E-state index contributed by atoms with van der Waals surface area (Å²) in [5.74, 6) is -0.477. The van der Waals surface area contributed by atoms with Gasteiger partial charge in [0, 0.05) is 22.5 Å². The highest BCUT2D eigenvalue weighted by Gasteiger charge is 2.05. The SMILES string of the molecule is N/C(Cc1ccc(Cl)cc1Cl)=N\OC(=O)/C=C/c1ccccc1. The predicted octanol–water partition coefficient (Wildman–Crippen LogP) is 4.06. The number of hydrogen-bond acceptors (Lipinski definition) is 3. The molecule has 0 fully saturated rings. The van der Waals surface area contributed by atoms with Crippen LogP contribution in [0.4, 0.5) is 0 Å². The zero-order valence-electron chi connectivity index (χ0n) is 12.1. The zero-order valence-corrected chi connectivity index (χ0v) is 13.6. The van der Waals surface area contributed by atoms with Crippen LogP contribution in [0.1, 0.15) is 11.1 Å². The Hall–Kier alpha value is -2.30. The number of nitrogens with two attached hydrogens (primary N) is 1. The van der Waals surface area contributed by atoms with Crippen LogP contribution < -0.4 is 5.73 Å². The summed E-state index contributed by atoms with van der Waals surface area (Å²) >= 11 is 11.9. The number of halogens is 2. The van der Waals surface area contributed by atoms with Crippen molar-refractivity contribution in [3.8, 4) is 0 Å². The van der Waals surface area contributed by atoms with Crippen molar-refractivity contribution in [3.05, 3.63) is 75.8 Å². The molecule has 0 bridgehead atoms. The molecule has 0 heterocycles. The summed E-state index contributed by atoms with van der Waals surface area (Å²) in [6, 6.07) is 14.4. The van der Waals surface area contributed by atoms with Crippen LogP contribution in [0.3, 0.4) is 0 Å². The summed E-state index contributed by atoms with van der Waals surface area (Å²) in [5.41, 5.74) is 7.35. The number of rotatable bonds is 5. The monoisotopic (exact) mass is 348 g/mol. The Morgan fingerprint density at radius 1 is 1.17 bits per heavy atom. The number of amidine groups is 1. The van der Waals surface area contributed by atoms with Gasteiger partial charge in [-0.15, -0.1) is 0 Å². The first-order valence-electron chi connectivity index (χ1n) is 6.75. The summed E-state index contributed by atoms with van der Waals surface area (Å²) < 4.78 is 0. The van der Waals surface area contributed by atoms with Gasteiger partial charge < -0.3 is 10.6 Å². The maximum absolute atomic E-state index is 11.6. The largest absolute Gasteiger partial charge is 0.384 e. The third kappa shape index (κ3) is 5.77. The van der Waals surface area contributed by atoms with Gasteiger partial charge in [-0.3, -0.25) is 0 Å². The van der Waals surface area contributed by atoms with Crippen LogP contribution in [0.2, 0.25) is 10.0 Å². The van der Waals surface area contributed by atoms with Gasteiger partial charge in [-0.2, -0.15) is 0 Å². The summed E-state index contributed by atoms with van der Waals surface area (Å²) in [6.45, 7) is 0. The number of carbonyl (C=O) groups is 1. The molecule has 2 aromatic rings. The lowest BCUT2D eigenvalue weighted by molar-refractivity contribution is -0.137. The van der Waals surface area contributed by atoms with Gasteiger partial charge in [0.2, 0.25) is 0 Å². The van der Waals surface area contributed by atoms with E-state index in [1.807, 2.05) is 30.3 Å². The molecular weight excluding hydrogens is 335 g/mol. The molecule has 2 rings (SSSR count). The summed E-state index contributed by atoms with van der Waals surface area (Å²) in [6.07, 6.45) is 3.16. The fourth-order valence-corrected chi connectivity index (χ4v) is 2.23. The molecule has 6 heteroatoms. The minimum atomic E-state index is -0.612. The first-order chi connectivity index (χ1) is 11.0. The van der Waals surface area contributed by atoms with Crippen LogP contribution in [0.25, 0.3) is 6.08 Å². The van der Waals surface area contributed by atoms with Crippen LogP contribution in [0.5, 0.6) is 0 Å². The van der Waals surface area contributed by atoms with Gasteiger partial charge in [0.1, 0.15) is 5.84 Å². The van der Waals surface area contributed by atoms with Crippen LogP contribution in [-0.2, 0) is 16.1 Å². The zero-order chi connectivity index (χ0) is 16.7. The standard InChI is InChI=1S/C17H14Cl2N2O2/c18-14-8-7-13(15(19)11-14)10-16(20)21-23-17(22)9-6-12-4-2-1-3-5-12/h1-9,11H,10H2,(H2,20,21)/b9-6+. The third-order valence-electron chi connectivity index (χ3n) is 2.85. The molecule has 0 aliphatic heterocycles. The van der Waals surface area contributed by atoms with Crippen molar-refractivity contribution in [1.82, 2.24) is 0 Å². The molecule has 0 aliphatic rings. The highest BCUT2D eigenvalue weighted by Crippen LogP contribution is 2.21. The average molecular weight is 349 g/mol. The quantitative estimate of drug-likeness (QED) is 0.291. The van der Waals surface area contributed by atoms with Crippen molar-refractivity contribution in [2.75, 3.05) is 0 Å². The number of benzene rings is 2. The molecule has 2 aromatic carbocycles. The highest BCUT2D eigenvalue weighted by molar-refractivity contribution is 6.35. The molecule has 2 N–H and O–H groups in total. The molecule has 0 unspecified atom stereocenters. The number of carbonyl (C=O) groups excluding carboxylic acids is 1. The second kappa shape index (κ2) is 8.36. The van der Waals surface area contributed by atoms with Crippen LogP contribution in [0.15, 0.2) is 59.8 Å². The van der Waals surface area contributed by atoms with Gasteiger partial charge in [0.05, 0.1) is 0 Å². The molecule has 0 saturated carbocycles. The lowest BCUT2D eigenvalue weighted by Gasteiger charge is -2.03. The maximum atomic E-state index is 11.6. The first kappa shape index (κ1) is 17.1. The van der Waals surface area contributed by atoms with E-state index in [1.165, 1.54) is 6.08 Å². The Morgan fingerprint density at radius 2 is 1.91 bits per heavy atom. The molecular formula is C17H14Cl2N2O2. The van der Waals surface area contributed by atoms with E-state index in [1.54, 1.807) is 24.3 Å². The van der Waals surface area contributed by atoms with Crippen molar-refractivity contribution in [1.29, 1.82) is 0 Å². The van der Waals surface area contributed by atoms with Crippen molar-refractivity contribution < 1.29 is 9.63 Å². The normalized spacial score (nSPS) is 11.7. The molecule has 0 atom stereocenters. The van der Waals surface area contributed by atoms with E-state index in [-0.39, 0.29) is 12.3 Å². The van der Waals surface area contributed by atoms with E-state index in [0.717, 1.165) is 11.1 Å². The van der Waals surface area contributed by atoms with Crippen molar-refractivity contribution in [2.24, 2.45) is 10.9 Å². The van der Waals surface area contributed by atoms with E-state index in [0.29, 0.717) is 10.0 Å². The Labute approximate surface area is 144 Å². The molecule has 118 valence electrons. The van der Waals surface area contributed by atoms with Crippen LogP contribution >= 0.6 is 23.2 Å². The van der Waals surface area contributed by atoms with Gasteiger partial charge in [-0.1, -0.05) is 64.8 Å². The first-order valence-corrected chi connectivity index (χ1v) is 7.50. The maximum Gasteiger partial charge on any atom is 0.358 e. The van der Waals surface area contributed by atoms with Gasteiger partial charge in [-0.25, -0.2) is 4.79 Å². The Kier molecular flexibility index (Phi) is 6.20. The van der Waals surface area contributed by atoms with E-state index >= 15 is 0 Å². The molecule has 0 spiro atoms. The molecule has 0 radical (unpaired) electrons. The topological polar surface area (TPSA) is 64.7 Å². The Morgan fingerprint density at radius 3 is 2.61 bits per heavy atom. The van der Waals surface area contributed by atoms with Gasteiger partial charge >= 0.3 is 5.97 Å². The Balaban J connectivity index is 1.91. The molecule has 23 heavy (non-hydrogen) atoms. The summed E-state index contributed by atoms with van der Waals surface area (Å²) in [7, 11) is 0. The van der Waals surface area contributed by atoms with Crippen molar-refractivity contribution >= 4 is 41.1 Å². The van der Waals surface area contributed by atoms with Crippen LogP contribution in [0, 0.1) is 0 Å². The second-order valence-corrected chi connectivity index (χ2v) is 5.49. The van der Waals surface area contributed by atoms with E-state index in [9.17, 15) is 4.79 Å².